The van der Waals surface area contributed by atoms with Crippen molar-refractivity contribution in [2.45, 2.75) is 30.2 Å². The van der Waals surface area contributed by atoms with Crippen molar-refractivity contribution in [2.75, 3.05) is 26.0 Å². The summed E-state index contributed by atoms with van der Waals surface area (Å²) in [5.41, 5.74) is 1.88. The smallest absolute Gasteiger partial charge is 0.177 e. The molecule has 5 nitrogen and oxygen atoms in total. The lowest BCUT2D eigenvalue weighted by molar-refractivity contribution is 0.197. The number of terminal acetylenes is 1. The van der Waals surface area contributed by atoms with E-state index in [1.165, 1.54) is 11.8 Å². The van der Waals surface area contributed by atoms with Gasteiger partial charge in [0.05, 0.1) is 10.6 Å². The molecule has 1 atom stereocenters. The van der Waals surface area contributed by atoms with Crippen LogP contribution in [0, 0.1) is 12.3 Å². The fourth-order valence-electron chi connectivity index (χ4n) is 3.52. The number of hydrogen-bond donors (Lipinski definition) is 0. The maximum atomic E-state index is 12.1. The van der Waals surface area contributed by atoms with Crippen molar-refractivity contribution in [2.24, 2.45) is 0 Å². The fraction of sp³-hybridized carbons (Fsp3) is 0.381. The number of piperidine rings is 1. The number of aromatic nitrogens is 1. The maximum absolute atomic E-state index is 12.1. The van der Waals surface area contributed by atoms with Gasteiger partial charge in [-0.25, -0.2) is 8.42 Å². The van der Waals surface area contributed by atoms with Crippen molar-refractivity contribution in [1.29, 1.82) is 0 Å². The van der Waals surface area contributed by atoms with Gasteiger partial charge in [0.25, 0.3) is 0 Å². The molecule has 0 radical (unpaired) electrons. The number of hydrogen-bond acceptors (Lipinski definition) is 5. The van der Waals surface area contributed by atoms with E-state index in [2.05, 4.69) is 15.8 Å². The fourth-order valence-corrected chi connectivity index (χ4v) is 4.44. The minimum absolute atomic E-state index is 0.128. The summed E-state index contributed by atoms with van der Waals surface area (Å²) in [7, 11) is -3.28. The quantitative estimate of drug-likeness (QED) is 0.717. The standard InChI is InChI=1S/C21H24N2O3S/c1-3-14-26-19-10-8-17(9-11-19)15-23-13-5-6-18(16-23)21-20(27(2,24)25)7-4-12-22-21/h1,4,7-12,18H,5-6,13-16H2,2H3. The number of rotatable bonds is 6. The van der Waals surface area contributed by atoms with Gasteiger partial charge in [-0.1, -0.05) is 18.1 Å². The average Bonchev–Trinajstić information content (AvgIpc) is 2.67. The molecular formula is C21H24N2O3S. The van der Waals surface area contributed by atoms with Crippen LogP contribution < -0.4 is 4.74 Å². The summed E-state index contributed by atoms with van der Waals surface area (Å²) in [6.45, 7) is 2.87. The lowest BCUT2D eigenvalue weighted by Crippen LogP contribution is -2.34. The molecule has 0 spiro atoms. The van der Waals surface area contributed by atoms with Crippen LogP contribution in [-0.4, -0.2) is 44.3 Å². The van der Waals surface area contributed by atoms with Crippen LogP contribution in [0.5, 0.6) is 5.75 Å². The summed E-state index contributed by atoms with van der Waals surface area (Å²) >= 11 is 0. The molecule has 2 heterocycles. The highest BCUT2D eigenvalue weighted by Gasteiger charge is 2.27. The second-order valence-electron chi connectivity index (χ2n) is 6.87. The van der Waals surface area contributed by atoms with Crippen molar-refractivity contribution in [3.05, 3.63) is 53.9 Å². The third-order valence-corrected chi connectivity index (χ3v) is 5.89. The topological polar surface area (TPSA) is 59.5 Å². The molecule has 1 aromatic carbocycles. The van der Waals surface area contributed by atoms with E-state index in [1.54, 1.807) is 18.3 Å². The SMILES string of the molecule is C#CCOc1ccc(CN2CCCC(c3ncccc3S(C)(=O)=O)C2)cc1. The van der Waals surface area contributed by atoms with E-state index < -0.39 is 9.84 Å². The molecule has 142 valence electrons. The summed E-state index contributed by atoms with van der Waals surface area (Å²) in [6, 6.07) is 11.3. The second kappa shape index (κ2) is 8.55. The van der Waals surface area contributed by atoms with Gasteiger partial charge in [-0.15, -0.1) is 6.42 Å². The van der Waals surface area contributed by atoms with Crippen molar-refractivity contribution < 1.29 is 13.2 Å². The molecule has 0 amide bonds. The number of pyridine rings is 1. The Morgan fingerprint density at radius 3 is 2.78 bits per heavy atom. The number of nitrogens with zero attached hydrogens (tertiary/aromatic N) is 2. The van der Waals surface area contributed by atoms with Crippen LogP contribution in [0.25, 0.3) is 0 Å². The highest BCUT2D eigenvalue weighted by Crippen LogP contribution is 2.30. The zero-order valence-corrected chi connectivity index (χ0v) is 16.3. The molecule has 0 aliphatic carbocycles. The van der Waals surface area contributed by atoms with Gasteiger partial charge in [0.1, 0.15) is 12.4 Å². The lowest BCUT2D eigenvalue weighted by atomic mass is 9.94. The van der Waals surface area contributed by atoms with E-state index in [-0.39, 0.29) is 12.5 Å². The molecule has 0 bridgehead atoms. The number of ether oxygens (including phenoxy) is 1. The molecular weight excluding hydrogens is 360 g/mol. The van der Waals surface area contributed by atoms with Crippen molar-refractivity contribution in [3.8, 4) is 18.1 Å². The van der Waals surface area contributed by atoms with Crippen LogP contribution in [0.2, 0.25) is 0 Å². The molecule has 27 heavy (non-hydrogen) atoms. The molecule has 0 saturated carbocycles. The van der Waals surface area contributed by atoms with Gasteiger partial charge in [-0.2, -0.15) is 0 Å². The molecule has 1 saturated heterocycles. The number of sulfone groups is 1. The maximum Gasteiger partial charge on any atom is 0.177 e. The van der Waals surface area contributed by atoms with Crippen LogP contribution >= 0.6 is 0 Å². The van der Waals surface area contributed by atoms with Gasteiger partial charge < -0.3 is 4.74 Å². The van der Waals surface area contributed by atoms with E-state index in [4.69, 9.17) is 11.2 Å². The second-order valence-corrected chi connectivity index (χ2v) is 8.85. The van der Waals surface area contributed by atoms with Crippen molar-refractivity contribution in [3.63, 3.8) is 0 Å². The molecule has 6 heteroatoms. The first-order valence-electron chi connectivity index (χ1n) is 9.00. The predicted molar refractivity (Wildman–Crippen MR) is 105 cm³/mol. The van der Waals surface area contributed by atoms with Crippen LogP contribution in [0.3, 0.4) is 0 Å². The van der Waals surface area contributed by atoms with Crippen molar-refractivity contribution >= 4 is 9.84 Å². The van der Waals surface area contributed by atoms with E-state index in [0.717, 1.165) is 38.2 Å². The summed E-state index contributed by atoms with van der Waals surface area (Å²) in [4.78, 5) is 7.12. The van der Waals surface area contributed by atoms with Crippen LogP contribution in [0.4, 0.5) is 0 Å². The van der Waals surface area contributed by atoms with Crippen molar-refractivity contribution in [1.82, 2.24) is 9.88 Å². The Bertz CT molecular complexity index is 917. The molecule has 1 unspecified atom stereocenters. The van der Waals surface area contributed by atoms with Crippen LogP contribution in [0.15, 0.2) is 47.5 Å². The summed E-state index contributed by atoms with van der Waals surface area (Å²) < 4.78 is 29.6. The molecule has 2 aromatic rings. The third kappa shape index (κ3) is 5.09. The molecule has 1 aliphatic heterocycles. The molecule has 1 aromatic heterocycles. The van der Waals surface area contributed by atoms with Gasteiger partial charge >= 0.3 is 0 Å². The van der Waals surface area contributed by atoms with E-state index in [0.29, 0.717) is 10.6 Å². The number of benzene rings is 1. The Balaban J connectivity index is 1.69. The molecule has 3 rings (SSSR count). The molecule has 1 aliphatic rings. The first-order chi connectivity index (χ1) is 13.0. The summed E-state index contributed by atoms with van der Waals surface area (Å²) in [6.07, 6.45) is 10.1. The Hall–Kier alpha value is -2.36. The van der Waals surface area contributed by atoms with E-state index >= 15 is 0 Å². The van der Waals surface area contributed by atoms with Gasteiger partial charge in [0.2, 0.25) is 0 Å². The summed E-state index contributed by atoms with van der Waals surface area (Å²) in [5, 5.41) is 0. The average molecular weight is 385 g/mol. The minimum atomic E-state index is -3.28. The highest BCUT2D eigenvalue weighted by atomic mass is 32.2. The van der Waals surface area contributed by atoms with Crippen LogP contribution in [-0.2, 0) is 16.4 Å². The van der Waals surface area contributed by atoms with Gasteiger partial charge in [0.15, 0.2) is 9.84 Å². The Labute approximate surface area is 161 Å². The zero-order chi connectivity index (χ0) is 19.3. The molecule has 0 N–H and O–H groups in total. The zero-order valence-electron chi connectivity index (χ0n) is 15.5. The Morgan fingerprint density at radius 2 is 2.07 bits per heavy atom. The van der Waals surface area contributed by atoms with Gasteiger partial charge in [-0.05, 0) is 49.2 Å². The van der Waals surface area contributed by atoms with Crippen LogP contribution in [0.1, 0.15) is 30.0 Å². The van der Waals surface area contributed by atoms with E-state index in [9.17, 15) is 8.42 Å². The Morgan fingerprint density at radius 1 is 1.30 bits per heavy atom. The first-order valence-corrected chi connectivity index (χ1v) is 10.9. The normalized spacial score (nSPS) is 18.0. The van der Waals surface area contributed by atoms with E-state index in [1.807, 2.05) is 24.3 Å². The lowest BCUT2D eigenvalue weighted by Gasteiger charge is -2.33. The van der Waals surface area contributed by atoms with Gasteiger partial charge in [0, 0.05) is 31.5 Å². The molecule has 1 fully saturated rings. The predicted octanol–water partition coefficient (Wildman–Crippen LogP) is 2.88. The number of likely N-dealkylation sites (tertiary alicyclic amines) is 1. The highest BCUT2D eigenvalue weighted by molar-refractivity contribution is 7.90. The first kappa shape index (κ1) is 19.4. The van der Waals surface area contributed by atoms with Gasteiger partial charge in [-0.3, -0.25) is 9.88 Å². The summed E-state index contributed by atoms with van der Waals surface area (Å²) in [5.74, 6) is 3.34. The minimum Gasteiger partial charge on any atom is -0.481 e. The Kier molecular flexibility index (Phi) is 6.15. The third-order valence-electron chi connectivity index (χ3n) is 4.74. The largest absolute Gasteiger partial charge is 0.481 e. The monoisotopic (exact) mass is 384 g/mol.